The molecule has 2 aromatic rings. The van der Waals surface area contributed by atoms with E-state index in [1.54, 1.807) is 10.7 Å². The van der Waals surface area contributed by atoms with E-state index in [0.717, 1.165) is 11.5 Å². The second-order valence-electron chi connectivity index (χ2n) is 3.53. The maximum Gasteiger partial charge on any atom is 0.172 e. The van der Waals surface area contributed by atoms with Crippen LogP contribution in [0.25, 0.3) is 0 Å². The van der Waals surface area contributed by atoms with Gasteiger partial charge >= 0.3 is 0 Å². The second-order valence-corrected chi connectivity index (χ2v) is 3.53. The number of nitrogens with zero attached hydrogens (tertiary/aromatic N) is 2. The summed E-state index contributed by atoms with van der Waals surface area (Å²) in [6.07, 6.45) is 3.63. The lowest BCUT2D eigenvalue weighted by atomic mass is 10.1. The van der Waals surface area contributed by atoms with Crippen molar-refractivity contribution >= 4 is 5.78 Å². The van der Waals surface area contributed by atoms with E-state index >= 15 is 0 Å². The molecule has 0 saturated heterocycles. The van der Waals surface area contributed by atoms with Crippen LogP contribution in [0.2, 0.25) is 0 Å². The van der Waals surface area contributed by atoms with Crippen molar-refractivity contribution in [3.63, 3.8) is 0 Å². The minimum Gasteiger partial charge on any atom is -0.469 e. The van der Waals surface area contributed by atoms with Crippen molar-refractivity contribution < 1.29 is 9.21 Å². The number of aromatic nitrogens is 2. The van der Waals surface area contributed by atoms with Gasteiger partial charge in [0.05, 0.1) is 17.7 Å². The van der Waals surface area contributed by atoms with E-state index in [1.807, 2.05) is 26.2 Å². The Hall–Kier alpha value is -1.84. The Balaban J connectivity index is 2.10. The highest BCUT2D eigenvalue weighted by Crippen LogP contribution is 2.09. The third-order valence-electron chi connectivity index (χ3n) is 2.16. The molecule has 15 heavy (non-hydrogen) atoms. The standard InChI is InChI=1S/C11H12N2O2/c1-8-5-9(7-15-8)11(14)6-10-3-4-13(2)12-10/h3-5,7H,6H2,1-2H3. The predicted molar refractivity (Wildman–Crippen MR) is 54.7 cm³/mol. The predicted octanol–water partition coefficient (Wildman–Crippen LogP) is 1.75. The van der Waals surface area contributed by atoms with E-state index < -0.39 is 0 Å². The van der Waals surface area contributed by atoms with Gasteiger partial charge in [0.15, 0.2) is 5.78 Å². The first-order chi connectivity index (χ1) is 7.15. The summed E-state index contributed by atoms with van der Waals surface area (Å²) in [5, 5.41) is 4.15. The van der Waals surface area contributed by atoms with Crippen LogP contribution in [0.4, 0.5) is 0 Å². The van der Waals surface area contributed by atoms with Crippen LogP contribution in [0.3, 0.4) is 0 Å². The number of aryl methyl sites for hydroxylation is 2. The third kappa shape index (κ3) is 2.15. The summed E-state index contributed by atoms with van der Waals surface area (Å²) in [5.74, 6) is 0.782. The number of hydrogen-bond donors (Lipinski definition) is 0. The maximum atomic E-state index is 11.7. The van der Waals surface area contributed by atoms with Crippen molar-refractivity contribution in [3.8, 4) is 0 Å². The molecule has 0 amide bonds. The quantitative estimate of drug-likeness (QED) is 0.715. The molecule has 0 bridgehead atoms. The van der Waals surface area contributed by atoms with Gasteiger partial charge in [-0.05, 0) is 19.1 Å². The van der Waals surface area contributed by atoms with Crippen LogP contribution in [-0.4, -0.2) is 15.6 Å². The summed E-state index contributed by atoms with van der Waals surface area (Å²) >= 11 is 0. The third-order valence-corrected chi connectivity index (χ3v) is 2.16. The Labute approximate surface area is 87.5 Å². The fourth-order valence-electron chi connectivity index (χ4n) is 1.41. The van der Waals surface area contributed by atoms with Crippen molar-refractivity contribution in [1.82, 2.24) is 9.78 Å². The average Bonchev–Trinajstić information content (AvgIpc) is 2.75. The van der Waals surface area contributed by atoms with Gasteiger partial charge in [0.1, 0.15) is 12.0 Å². The molecule has 4 heteroatoms. The molecule has 0 spiro atoms. The number of rotatable bonds is 3. The fourth-order valence-corrected chi connectivity index (χ4v) is 1.41. The number of ketones is 1. The molecule has 78 valence electrons. The highest BCUT2D eigenvalue weighted by atomic mass is 16.3. The Kier molecular flexibility index (Phi) is 2.41. The smallest absolute Gasteiger partial charge is 0.172 e. The van der Waals surface area contributed by atoms with Crippen LogP contribution >= 0.6 is 0 Å². The summed E-state index contributed by atoms with van der Waals surface area (Å²) in [7, 11) is 1.83. The normalized spacial score (nSPS) is 10.5. The highest BCUT2D eigenvalue weighted by molar-refractivity contribution is 5.97. The first kappa shape index (κ1) is 9.71. The summed E-state index contributed by atoms with van der Waals surface area (Å²) in [6.45, 7) is 1.82. The number of carbonyl (C=O) groups is 1. The molecule has 0 aliphatic heterocycles. The molecule has 2 heterocycles. The van der Waals surface area contributed by atoms with Crippen molar-refractivity contribution in [2.24, 2.45) is 7.05 Å². The summed E-state index contributed by atoms with van der Waals surface area (Å²) in [5.41, 5.74) is 1.39. The Morgan fingerprint density at radius 2 is 2.40 bits per heavy atom. The second kappa shape index (κ2) is 3.73. The first-order valence-corrected chi connectivity index (χ1v) is 4.72. The van der Waals surface area contributed by atoms with Gasteiger partial charge in [0.25, 0.3) is 0 Å². The molecule has 0 aromatic carbocycles. The van der Waals surface area contributed by atoms with Gasteiger partial charge in [-0.15, -0.1) is 0 Å². The Bertz CT molecular complexity index is 482. The van der Waals surface area contributed by atoms with E-state index in [4.69, 9.17) is 4.42 Å². The molecule has 0 N–H and O–H groups in total. The number of Topliss-reactive ketones (excluding diaryl/α,β-unsaturated/α-hetero) is 1. The summed E-state index contributed by atoms with van der Waals surface area (Å²) in [6, 6.07) is 3.58. The van der Waals surface area contributed by atoms with E-state index in [9.17, 15) is 4.79 Å². The molecule has 0 saturated carbocycles. The van der Waals surface area contributed by atoms with Gasteiger partial charge in [-0.1, -0.05) is 0 Å². The Morgan fingerprint density at radius 3 is 2.93 bits per heavy atom. The topological polar surface area (TPSA) is 48.0 Å². The average molecular weight is 204 g/mol. The van der Waals surface area contributed by atoms with Crippen LogP contribution < -0.4 is 0 Å². The number of carbonyl (C=O) groups excluding carboxylic acids is 1. The molecule has 0 atom stereocenters. The molecule has 0 aliphatic carbocycles. The van der Waals surface area contributed by atoms with Crippen molar-refractivity contribution in [3.05, 3.63) is 41.6 Å². The monoisotopic (exact) mass is 204 g/mol. The molecule has 4 nitrogen and oxygen atoms in total. The Morgan fingerprint density at radius 1 is 1.60 bits per heavy atom. The highest BCUT2D eigenvalue weighted by Gasteiger charge is 2.10. The summed E-state index contributed by atoms with van der Waals surface area (Å²) < 4.78 is 6.77. The van der Waals surface area contributed by atoms with E-state index in [0.29, 0.717) is 12.0 Å². The SMILES string of the molecule is Cc1cc(C(=O)Cc2ccn(C)n2)co1. The number of furan rings is 1. The lowest BCUT2D eigenvalue weighted by Gasteiger charge is -1.93. The maximum absolute atomic E-state index is 11.7. The van der Waals surface area contributed by atoms with E-state index in [2.05, 4.69) is 5.10 Å². The molecule has 0 radical (unpaired) electrons. The zero-order chi connectivity index (χ0) is 10.8. The van der Waals surface area contributed by atoms with Crippen LogP contribution in [0.1, 0.15) is 21.8 Å². The zero-order valence-electron chi connectivity index (χ0n) is 8.73. The van der Waals surface area contributed by atoms with Gasteiger partial charge < -0.3 is 4.42 Å². The van der Waals surface area contributed by atoms with Crippen molar-refractivity contribution in [2.45, 2.75) is 13.3 Å². The van der Waals surface area contributed by atoms with Crippen LogP contribution in [0.15, 0.2) is 29.0 Å². The molecule has 0 unspecified atom stereocenters. The largest absolute Gasteiger partial charge is 0.469 e. The molecular formula is C11H12N2O2. The van der Waals surface area contributed by atoms with Crippen LogP contribution in [-0.2, 0) is 13.5 Å². The van der Waals surface area contributed by atoms with Gasteiger partial charge in [0, 0.05) is 13.2 Å². The van der Waals surface area contributed by atoms with Gasteiger partial charge in [-0.25, -0.2) is 0 Å². The van der Waals surface area contributed by atoms with E-state index in [-0.39, 0.29) is 5.78 Å². The van der Waals surface area contributed by atoms with Crippen molar-refractivity contribution in [1.29, 1.82) is 0 Å². The fraction of sp³-hybridized carbons (Fsp3) is 0.273. The van der Waals surface area contributed by atoms with Crippen LogP contribution in [0.5, 0.6) is 0 Å². The van der Waals surface area contributed by atoms with E-state index in [1.165, 1.54) is 6.26 Å². The minimum absolute atomic E-state index is 0.0329. The zero-order valence-corrected chi connectivity index (χ0v) is 8.73. The lowest BCUT2D eigenvalue weighted by Crippen LogP contribution is -2.03. The van der Waals surface area contributed by atoms with Crippen LogP contribution in [0, 0.1) is 6.92 Å². The molecule has 2 rings (SSSR count). The molecule has 0 aliphatic rings. The van der Waals surface area contributed by atoms with Gasteiger partial charge in [-0.3, -0.25) is 9.48 Å². The molecule has 0 fully saturated rings. The lowest BCUT2D eigenvalue weighted by molar-refractivity contribution is 0.0991. The molecule has 2 aromatic heterocycles. The first-order valence-electron chi connectivity index (χ1n) is 4.72. The van der Waals surface area contributed by atoms with Crippen molar-refractivity contribution in [2.75, 3.05) is 0 Å². The minimum atomic E-state index is 0.0329. The number of hydrogen-bond acceptors (Lipinski definition) is 3. The van der Waals surface area contributed by atoms with Gasteiger partial charge in [0.2, 0.25) is 0 Å². The summed E-state index contributed by atoms with van der Waals surface area (Å²) in [4.78, 5) is 11.7. The molecular weight excluding hydrogens is 192 g/mol. The van der Waals surface area contributed by atoms with Gasteiger partial charge in [-0.2, -0.15) is 5.10 Å².